The fraction of sp³-hybridized carbons (Fsp3) is 0.474. The second kappa shape index (κ2) is 7.18. The van der Waals surface area contributed by atoms with Gasteiger partial charge in [0.05, 0.1) is 12.2 Å². The van der Waals surface area contributed by atoms with E-state index in [1.54, 1.807) is 6.26 Å². The van der Waals surface area contributed by atoms with Gasteiger partial charge in [-0.2, -0.15) is 0 Å². The van der Waals surface area contributed by atoms with Gasteiger partial charge < -0.3 is 15.1 Å². The van der Waals surface area contributed by atoms with Crippen LogP contribution < -0.4 is 10.6 Å². The van der Waals surface area contributed by atoms with E-state index >= 15 is 0 Å². The number of nitrogens with one attached hydrogen (secondary N) is 2. The first-order valence-corrected chi connectivity index (χ1v) is 8.66. The lowest BCUT2D eigenvalue weighted by atomic mass is 9.92. The van der Waals surface area contributed by atoms with Gasteiger partial charge in [0.2, 0.25) is 11.8 Å². The Bertz CT molecular complexity index is 735. The van der Waals surface area contributed by atoms with E-state index in [0.717, 1.165) is 43.6 Å². The Balaban J connectivity index is 0.00000182. The highest BCUT2D eigenvalue weighted by Gasteiger charge is 2.57. The molecule has 6 heteroatoms. The molecule has 0 radical (unpaired) electrons. The first-order valence-electron chi connectivity index (χ1n) is 8.66. The molecule has 1 unspecified atom stereocenters. The molecule has 0 bridgehead atoms. The lowest BCUT2D eigenvalue weighted by Crippen LogP contribution is -2.33. The van der Waals surface area contributed by atoms with E-state index in [2.05, 4.69) is 15.6 Å². The molecule has 1 aliphatic carbocycles. The van der Waals surface area contributed by atoms with Gasteiger partial charge in [-0.1, -0.05) is 17.7 Å². The smallest absolute Gasteiger partial charge is 0.226 e. The Morgan fingerprint density at radius 3 is 2.76 bits per heavy atom. The number of hydrogen-bond acceptors (Lipinski definition) is 4. The summed E-state index contributed by atoms with van der Waals surface area (Å²) in [5, 5.41) is 6.39. The summed E-state index contributed by atoms with van der Waals surface area (Å²) in [6.45, 7) is 4.55. The molecule has 1 atom stereocenters. The summed E-state index contributed by atoms with van der Waals surface area (Å²) in [6, 6.07) is 8.06. The van der Waals surface area contributed by atoms with Crippen molar-refractivity contribution in [3.8, 4) is 11.5 Å². The fourth-order valence-corrected chi connectivity index (χ4v) is 3.71. The normalized spacial score (nSPS) is 20.8. The van der Waals surface area contributed by atoms with E-state index in [1.165, 1.54) is 5.56 Å². The van der Waals surface area contributed by atoms with E-state index in [0.29, 0.717) is 12.4 Å². The van der Waals surface area contributed by atoms with Crippen LogP contribution in [0, 0.1) is 18.3 Å². The number of piperidine rings is 1. The number of carbonyl (C=O) groups excluding carboxylic acids is 1. The molecule has 1 saturated heterocycles. The minimum atomic E-state index is 0. The van der Waals surface area contributed by atoms with Crippen LogP contribution in [0.2, 0.25) is 0 Å². The number of benzene rings is 1. The number of oxazole rings is 1. The lowest BCUT2D eigenvalue weighted by Gasteiger charge is -2.23. The Labute approximate surface area is 154 Å². The van der Waals surface area contributed by atoms with E-state index in [-0.39, 0.29) is 29.6 Å². The van der Waals surface area contributed by atoms with Crippen molar-refractivity contribution < 1.29 is 9.21 Å². The van der Waals surface area contributed by atoms with Crippen molar-refractivity contribution >= 4 is 18.3 Å². The molecule has 2 heterocycles. The Hall–Kier alpha value is -1.85. The second-order valence-electron chi connectivity index (χ2n) is 7.10. The average Bonchev–Trinajstić information content (AvgIpc) is 3.07. The van der Waals surface area contributed by atoms with Crippen LogP contribution in [0.1, 0.15) is 30.5 Å². The van der Waals surface area contributed by atoms with E-state index in [9.17, 15) is 4.79 Å². The summed E-state index contributed by atoms with van der Waals surface area (Å²) in [4.78, 5) is 16.9. The minimum Gasteiger partial charge on any atom is -0.444 e. The maximum Gasteiger partial charge on any atom is 0.226 e. The van der Waals surface area contributed by atoms with Crippen molar-refractivity contribution in [2.45, 2.75) is 32.7 Å². The molecule has 1 aromatic heterocycles. The van der Waals surface area contributed by atoms with Crippen LogP contribution in [-0.4, -0.2) is 24.0 Å². The molecule has 2 aromatic rings. The van der Waals surface area contributed by atoms with Crippen LogP contribution in [0.25, 0.3) is 11.5 Å². The van der Waals surface area contributed by atoms with Gasteiger partial charge in [0.25, 0.3) is 0 Å². The molecule has 1 aliphatic heterocycles. The number of aromatic nitrogens is 1. The van der Waals surface area contributed by atoms with Gasteiger partial charge in [-0.25, -0.2) is 4.98 Å². The zero-order valence-electron chi connectivity index (χ0n) is 14.4. The molecular weight excluding hydrogens is 338 g/mol. The predicted octanol–water partition coefficient (Wildman–Crippen LogP) is 3.08. The van der Waals surface area contributed by atoms with Gasteiger partial charge >= 0.3 is 0 Å². The standard InChI is InChI=1S/C19H23N3O2.ClH/c1-13-2-4-14(5-3-13)18-22-15(12-24-18)11-21-17(23)16-10-19(16)6-8-20-9-7-19;/h2-5,12,16,20H,6-11H2,1H3,(H,21,23);1H. The van der Waals surface area contributed by atoms with Crippen LogP contribution in [0.15, 0.2) is 34.9 Å². The van der Waals surface area contributed by atoms with Crippen LogP contribution >= 0.6 is 12.4 Å². The second-order valence-corrected chi connectivity index (χ2v) is 7.10. The highest BCUT2D eigenvalue weighted by atomic mass is 35.5. The maximum atomic E-state index is 12.4. The van der Waals surface area contributed by atoms with Gasteiger partial charge in [-0.15, -0.1) is 12.4 Å². The van der Waals surface area contributed by atoms with Gasteiger partial charge in [-0.05, 0) is 56.8 Å². The fourth-order valence-electron chi connectivity index (χ4n) is 3.71. The summed E-state index contributed by atoms with van der Waals surface area (Å²) in [6.07, 6.45) is 4.90. The van der Waals surface area contributed by atoms with Crippen molar-refractivity contribution in [2.75, 3.05) is 13.1 Å². The molecular formula is C19H24ClN3O2. The van der Waals surface area contributed by atoms with Crippen molar-refractivity contribution in [1.29, 1.82) is 0 Å². The van der Waals surface area contributed by atoms with Gasteiger partial charge in [0.15, 0.2) is 0 Å². The molecule has 5 nitrogen and oxygen atoms in total. The van der Waals surface area contributed by atoms with Gasteiger partial charge in [0.1, 0.15) is 6.26 Å². The number of amides is 1. The SMILES string of the molecule is Cc1ccc(-c2nc(CNC(=O)C3CC34CCNCC4)co2)cc1.Cl. The molecule has 2 fully saturated rings. The van der Waals surface area contributed by atoms with Crippen molar-refractivity contribution in [2.24, 2.45) is 11.3 Å². The number of aryl methyl sites for hydroxylation is 1. The predicted molar refractivity (Wildman–Crippen MR) is 98.4 cm³/mol. The number of halogens is 1. The summed E-state index contributed by atoms with van der Waals surface area (Å²) < 4.78 is 5.54. The van der Waals surface area contributed by atoms with Crippen molar-refractivity contribution in [3.05, 3.63) is 41.8 Å². The quantitative estimate of drug-likeness (QED) is 0.878. The maximum absolute atomic E-state index is 12.4. The molecule has 1 spiro atoms. The summed E-state index contributed by atoms with van der Waals surface area (Å²) in [7, 11) is 0. The van der Waals surface area contributed by atoms with Crippen LogP contribution in [-0.2, 0) is 11.3 Å². The van der Waals surface area contributed by atoms with E-state index < -0.39 is 0 Å². The largest absolute Gasteiger partial charge is 0.444 e. The summed E-state index contributed by atoms with van der Waals surface area (Å²) in [5.41, 5.74) is 3.19. The van der Waals surface area contributed by atoms with E-state index in [4.69, 9.17) is 4.42 Å². The first-order chi connectivity index (χ1) is 11.7. The zero-order chi connectivity index (χ0) is 16.6. The average molecular weight is 362 g/mol. The van der Waals surface area contributed by atoms with Gasteiger partial charge in [0, 0.05) is 11.5 Å². The number of hydrogen-bond donors (Lipinski definition) is 2. The van der Waals surface area contributed by atoms with E-state index in [1.807, 2.05) is 31.2 Å². The lowest BCUT2D eigenvalue weighted by molar-refractivity contribution is -0.123. The van der Waals surface area contributed by atoms with Crippen LogP contribution in [0.3, 0.4) is 0 Å². The van der Waals surface area contributed by atoms with Crippen LogP contribution in [0.5, 0.6) is 0 Å². The highest BCUT2D eigenvalue weighted by Crippen LogP contribution is 2.58. The molecule has 25 heavy (non-hydrogen) atoms. The van der Waals surface area contributed by atoms with Crippen molar-refractivity contribution in [1.82, 2.24) is 15.6 Å². The van der Waals surface area contributed by atoms with Gasteiger partial charge in [-0.3, -0.25) is 4.79 Å². The number of rotatable bonds is 4. The molecule has 134 valence electrons. The van der Waals surface area contributed by atoms with Crippen molar-refractivity contribution in [3.63, 3.8) is 0 Å². The molecule has 1 saturated carbocycles. The molecule has 2 aliphatic rings. The minimum absolute atomic E-state index is 0. The summed E-state index contributed by atoms with van der Waals surface area (Å²) >= 11 is 0. The summed E-state index contributed by atoms with van der Waals surface area (Å²) in [5.74, 6) is 0.945. The third kappa shape index (κ3) is 3.72. The number of carbonyl (C=O) groups is 1. The zero-order valence-corrected chi connectivity index (χ0v) is 15.2. The first kappa shape index (κ1) is 18.0. The Morgan fingerprint density at radius 2 is 2.04 bits per heavy atom. The monoisotopic (exact) mass is 361 g/mol. The molecule has 1 amide bonds. The highest BCUT2D eigenvalue weighted by molar-refractivity contribution is 5.85. The Morgan fingerprint density at radius 1 is 1.32 bits per heavy atom. The molecule has 4 rings (SSSR count). The van der Waals surface area contributed by atoms with Crippen LogP contribution in [0.4, 0.5) is 0 Å². The topological polar surface area (TPSA) is 67.2 Å². The molecule has 1 aromatic carbocycles. The third-order valence-electron chi connectivity index (χ3n) is 5.40. The Kier molecular flexibility index (Phi) is 5.16. The molecule has 2 N–H and O–H groups in total. The third-order valence-corrected chi connectivity index (χ3v) is 5.40. The number of nitrogens with zero attached hydrogens (tertiary/aromatic N) is 1.